The lowest BCUT2D eigenvalue weighted by Gasteiger charge is -2.58. The summed E-state index contributed by atoms with van der Waals surface area (Å²) in [6.45, 7) is 7.35. The Labute approximate surface area is 251 Å². The SMILES string of the molecule is CC(CCC(=O)OCOCC12CC3CC(CC(C3)C1)C2)C1CCC2C3C(=O)CC4CC(=O)CCC4(C)C3CC(=O)C12C. The topological polar surface area (TPSA) is 86.7 Å². The zero-order valence-electron chi connectivity index (χ0n) is 26.2. The highest BCUT2D eigenvalue weighted by molar-refractivity contribution is 5.93. The smallest absolute Gasteiger partial charge is 0.307 e. The van der Waals surface area contributed by atoms with Gasteiger partial charge in [-0.1, -0.05) is 20.8 Å². The third-order valence-electron chi connectivity index (χ3n) is 14.6. The van der Waals surface area contributed by atoms with Crippen LogP contribution in [0.2, 0.25) is 0 Å². The van der Waals surface area contributed by atoms with Crippen molar-refractivity contribution in [3.05, 3.63) is 0 Å². The number of hydrogen-bond donors (Lipinski definition) is 0. The van der Waals surface area contributed by atoms with E-state index in [1.54, 1.807) is 0 Å². The van der Waals surface area contributed by atoms with E-state index >= 15 is 0 Å². The predicted octanol–water partition coefficient (Wildman–Crippen LogP) is 6.72. The van der Waals surface area contributed by atoms with Crippen LogP contribution in [-0.4, -0.2) is 36.7 Å². The van der Waals surface area contributed by atoms with Gasteiger partial charge in [0.15, 0.2) is 6.79 Å². The Morgan fingerprint density at radius 3 is 2.31 bits per heavy atom. The Hall–Kier alpha value is -1.56. The number of ether oxygens (including phenoxy) is 2. The monoisotopic (exact) mass is 580 g/mol. The molecule has 0 aliphatic heterocycles. The lowest BCUT2D eigenvalue weighted by atomic mass is 9.44. The van der Waals surface area contributed by atoms with Gasteiger partial charge >= 0.3 is 5.97 Å². The molecule has 6 heteroatoms. The van der Waals surface area contributed by atoms with E-state index in [2.05, 4.69) is 20.8 Å². The van der Waals surface area contributed by atoms with Gasteiger partial charge in [-0.3, -0.25) is 19.2 Å². The van der Waals surface area contributed by atoms with Crippen LogP contribution in [0.5, 0.6) is 0 Å². The van der Waals surface area contributed by atoms with Crippen molar-refractivity contribution >= 4 is 23.3 Å². The highest BCUT2D eigenvalue weighted by Crippen LogP contribution is 2.66. The summed E-state index contributed by atoms with van der Waals surface area (Å²) in [5.41, 5.74) is -0.272. The second-order valence-corrected chi connectivity index (χ2v) is 16.9. The van der Waals surface area contributed by atoms with E-state index in [9.17, 15) is 19.2 Å². The molecule has 0 radical (unpaired) electrons. The van der Waals surface area contributed by atoms with Crippen molar-refractivity contribution in [2.75, 3.05) is 13.4 Å². The molecule has 0 spiro atoms. The summed E-state index contributed by atoms with van der Waals surface area (Å²) in [5, 5.41) is 0. The summed E-state index contributed by atoms with van der Waals surface area (Å²) < 4.78 is 11.5. The first-order valence-electron chi connectivity index (χ1n) is 17.3. The van der Waals surface area contributed by atoms with Gasteiger partial charge in [0, 0.05) is 43.4 Å². The highest BCUT2D eigenvalue weighted by Gasteiger charge is 2.66. The first kappa shape index (κ1) is 29.2. The van der Waals surface area contributed by atoms with Crippen LogP contribution in [0, 0.1) is 69.5 Å². The Morgan fingerprint density at radius 1 is 0.929 bits per heavy atom. The first-order valence-corrected chi connectivity index (χ1v) is 17.3. The Morgan fingerprint density at radius 2 is 1.62 bits per heavy atom. The van der Waals surface area contributed by atoms with Crippen molar-refractivity contribution in [3.8, 4) is 0 Å². The minimum absolute atomic E-state index is 0.0488. The number of rotatable bonds is 8. The average molecular weight is 581 g/mol. The summed E-state index contributed by atoms with van der Waals surface area (Å²) in [6, 6.07) is 0. The van der Waals surface area contributed by atoms with Crippen LogP contribution in [0.4, 0.5) is 0 Å². The van der Waals surface area contributed by atoms with Crippen molar-refractivity contribution in [3.63, 3.8) is 0 Å². The number of hydrogen-bond acceptors (Lipinski definition) is 6. The average Bonchev–Trinajstić information content (AvgIpc) is 3.29. The van der Waals surface area contributed by atoms with Gasteiger partial charge in [-0.15, -0.1) is 0 Å². The van der Waals surface area contributed by atoms with Crippen LogP contribution >= 0.6 is 0 Å². The molecule has 232 valence electrons. The van der Waals surface area contributed by atoms with E-state index in [1.807, 2.05) is 0 Å². The molecule has 8 aliphatic rings. The molecule has 8 atom stereocenters. The summed E-state index contributed by atoms with van der Waals surface area (Å²) in [5.74, 6) is 3.92. The zero-order valence-corrected chi connectivity index (χ0v) is 26.2. The molecular formula is C36H52O6. The van der Waals surface area contributed by atoms with Gasteiger partial charge in [0.1, 0.15) is 17.3 Å². The number of Topliss-reactive ketones (excluding diaryl/α,β-unsaturated/α-hetero) is 3. The fourth-order valence-corrected chi connectivity index (χ4v) is 12.8. The van der Waals surface area contributed by atoms with Crippen LogP contribution in [0.1, 0.15) is 117 Å². The molecule has 0 aromatic rings. The van der Waals surface area contributed by atoms with Gasteiger partial charge in [-0.2, -0.15) is 0 Å². The summed E-state index contributed by atoms with van der Waals surface area (Å²) in [7, 11) is 0. The second-order valence-electron chi connectivity index (χ2n) is 16.9. The predicted molar refractivity (Wildman–Crippen MR) is 157 cm³/mol. The van der Waals surface area contributed by atoms with Gasteiger partial charge in [0.25, 0.3) is 0 Å². The van der Waals surface area contributed by atoms with Crippen molar-refractivity contribution in [1.82, 2.24) is 0 Å². The molecule has 0 N–H and O–H groups in total. The summed E-state index contributed by atoms with van der Waals surface area (Å²) >= 11 is 0. The second kappa shape index (κ2) is 10.5. The van der Waals surface area contributed by atoms with Gasteiger partial charge < -0.3 is 9.47 Å². The zero-order chi connectivity index (χ0) is 29.4. The number of carbonyl (C=O) groups excluding carboxylic acids is 4. The quantitative estimate of drug-likeness (QED) is 0.180. The third kappa shape index (κ3) is 4.67. The largest absolute Gasteiger partial charge is 0.438 e. The van der Waals surface area contributed by atoms with Gasteiger partial charge in [-0.25, -0.2) is 0 Å². The molecule has 0 amide bonds. The minimum Gasteiger partial charge on any atom is -0.438 e. The van der Waals surface area contributed by atoms with E-state index in [-0.39, 0.29) is 59.5 Å². The first-order chi connectivity index (χ1) is 20.0. The Kier molecular flexibility index (Phi) is 7.30. The molecule has 0 aromatic carbocycles. The molecule has 8 saturated carbocycles. The van der Waals surface area contributed by atoms with E-state index in [4.69, 9.17) is 9.47 Å². The van der Waals surface area contributed by atoms with Gasteiger partial charge in [-0.05, 0) is 122 Å². The molecule has 0 saturated heterocycles. The van der Waals surface area contributed by atoms with Crippen LogP contribution in [0.25, 0.3) is 0 Å². The molecule has 8 rings (SSSR count). The fraction of sp³-hybridized carbons (Fsp3) is 0.889. The molecule has 8 unspecified atom stereocenters. The van der Waals surface area contributed by atoms with Crippen molar-refractivity contribution in [2.45, 2.75) is 117 Å². The standard InChI is InChI=1S/C36H52O6/c1-21(4-7-32(40)42-20-41-19-36-16-22-10-23(17-36)12-24(11-22)18-36)27-5-6-28-33-29(15-31(39)35(27,28)3)34(2)9-8-26(37)13-25(34)14-30(33)38/h21-25,27-29,33H,4-20H2,1-3H3. The molecule has 42 heavy (non-hydrogen) atoms. The number of esters is 1. The van der Waals surface area contributed by atoms with Crippen molar-refractivity contribution < 1.29 is 28.7 Å². The molecule has 6 nitrogen and oxygen atoms in total. The third-order valence-corrected chi connectivity index (χ3v) is 14.6. The van der Waals surface area contributed by atoms with Crippen LogP contribution < -0.4 is 0 Å². The van der Waals surface area contributed by atoms with Crippen molar-refractivity contribution in [1.29, 1.82) is 0 Å². The lowest BCUT2D eigenvalue weighted by Crippen LogP contribution is -2.60. The molecule has 8 aliphatic carbocycles. The maximum absolute atomic E-state index is 14.0. The Bertz CT molecular complexity index is 1110. The molecule has 4 bridgehead atoms. The fourth-order valence-electron chi connectivity index (χ4n) is 12.8. The van der Waals surface area contributed by atoms with E-state index in [1.165, 1.54) is 38.5 Å². The molecule has 0 aromatic heterocycles. The normalized spacial score (nSPS) is 48.0. The van der Waals surface area contributed by atoms with Crippen LogP contribution in [-0.2, 0) is 28.7 Å². The lowest BCUT2D eigenvalue weighted by molar-refractivity contribution is -0.167. The Balaban J connectivity index is 0.923. The number of carbonyl (C=O) groups is 4. The number of fused-ring (bicyclic) bond motifs is 5. The van der Waals surface area contributed by atoms with Gasteiger partial charge in [0.05, 0.1) is 6.61 Å². The van der Waals surface area contributed by atoms with E-state index in [0.29, 0.717) is 55.5 Å². The summed E-state index contributed by atoms with van der Waals surface area (Å²) in [6.07, 6.45) is 13.9. The van der Waals surface area contributed by atoms with Crippen molar-refractivity contribution in [2.24, 2.45) is 69.5 Å². The van der Waals surface area contributed by atoms with Crippen LogP contribution in [0.15, 0.2) is 0 Å². The molecule has 0 heterocycles. The van der Waals surface area contributed by atoms with E-state index < -0.39 is 5.41 Å². The maximum Gasteiger partial charge on any atom is 0.307 e. The van der Waals surface area contributed by atoms with E-state index in [0.717, 1.165) is 43.6 Å². The van der Waals surface area contributed by atoms with Crippen LogP contribution in [0.3, 0.4) is 0 Å². The molecular weight excluding hydrogens is 528 g/mol. The maximum atomic E-state index is 14.0. The number of ketones is 3. The molecule has 8 fully saturated rings. The summed E-state index contributed by atoms with van der Waals surface area (Å²) in [4.78, 5) is 52.6. The van der Waals surface area contributed by atoms with Gasteiger partial charge in [0.2, 0.25) is 0 Å². The minimum atomic E-state index is -0.505. The highest BCUT2D eigenvalue weighted by atomic mass is 16.7.